The third-order valence-corrected chi connectivity index (χ3v) is 6.21. The second-order valence-corrected chi connectivity index (χ2v) is 9.91. The molecule has 2 unspecified atom stereocenters. The number of hydrogen-bond donors (Lipinski definition) is 2. The number of guanidine groups is 1. The maximum Gasteiger partial charge on any atom is 0.191 e. The van der Waals surface area contributed by atoms with Gasteiger partial charge in [0.25, 0.3) is 0 Å². The number of sulfone groups is 1. The van der Waals surface area contributed by atoms with Crippen LogP contribution in [0.5, 0.6) is 0 Å². The van der Waals surface area contributed by atoms with Crippen LogP contribution in [0.15, 0.2) is 4.99 Å². The van der Waals surface area contributed by atoms with Gasteiger partial charge in [0.2, 0.25) is 0 Å². The molecule has 142 valence electrons. The third kappa shape index (κ3) is 6.33. The van der Waals surface area contributed by atoms with E-state index in [0.29, 0.717) is 24.5 Å². The Morgan fingerprint density at radius 3 is 2.38 bits per heavy atom. The lowest BCUT2D eigenvalue weighted by molar-refractivity contribution is 0.265. The maximum absolute atomic E-state index is 11.5. The lowest BCUT2D eigenvalue weighted by Gasteiger charge is -2.23. The molecule has 24 heavy (non-hydrogen) atoms. The van der Waals surface area contributed by atoms with Gasteiger partial charge in [0, 0.05) is 50.4 Å². The molecule has 2 atom stereocenters. The van der Waals surface area contributed by atoms with Crippen molar-refractivity contribution in [2.24, 2.45) is 16.3 Å². The first-order valence-corrected chi connectivity index (χ1v) is 10.6. The molecule has 1 saturated heterocycles. The molecule has 1 aliphatic carbocycles. The molecule has 1 aliphatic heterocycles. The summed E-state index contributed by atoms with van der Waals surface area (Å²) in [6.07, 6.45) is 3.27. The first kappa shape index (κ1) is 22.0. The molecular formula is C16H33IN4O2S. The van der Waals surface area contributed by atoms with Crippen LogP contribution in [0, 0.1) is 11.3 Å². The van der Waals surface area contributed by atoms with Crippen molar-refractivity contribution in [2.75, 3.05) is 38.7 Å². The Kier molecular flexibility index (Phi) is 7.80. The highest BCUT2D eigenvalue weighted by Gasteiger charge is 2.45. The van der Waals surface area contributed by atoms with Crippen molar-refractivity contribution in [2.45, 2.75) is 45.7 Å². The number of halogens is 1. The topological polar surface area (TPSA) is 73.8 Å². The van der Waals surface area contributed by atoms with Crippen LogP contribution in [0.3, 0.4) is 0 Å². The van der Waals surface area contributed by atoms with E-state index in [4.69, 9.17) is 0 Å². The maximum atomic E-state index is 11.5. The van der Waals surface area contributed by atoms with Gasteiger partial charge in [0.1, 0.15) is 9.84 Å². The number of nitrogens with zero attached hydrogens (tertiary/aromatic N) is 2. The van der Waals surface area contributed by atoms with E-state index < -0.39 is 9.84 Å². The highest BCUT2D eigenvalue weighted by Crippen LogP contribution is 2.46. The average molecular weight is 472 g/mol. The van der Waals surface area contributed by atoms with Crippen molar-refractivity contribution < 1.29 is 8.42 Å². The van der Waals surface area contributed by atoms with E-state index in [2.05, 4.69) is 41.3 Å². The van der Waals surface area contributed by atoms with Crippen LogP contribution in [0.25, 0.3) is 0 Å². The lowest BCUT2D eigenvalue weighted by atomic mass is 10.1. The molecule has 0 aromatic heterocycles. The summed E-state index contributed by atoms with van der Waals surface area (Å²) >= 11 is 0. The van der Waals surface area contributed by atoms with Crippen LogP contribution in [0.4, 0.5) is 0 Å². The molecule has 1 heterocycles. The van der Waals surface area contributed by atoms with E-state index in [1.54, 1.807) is 7.05 Å². The quantitative estimate of drug-likeness (QED) is 0.347. The zero-order valence-electron chi connectivity index (χ0n) is 15.5. The molecular weight excluding hydrogens is 439 g/mol. The zero-order chi connectivity index (χ0) is 17.3. The first-order valence-electron chi connectivity index (χ1n) is 8.53. The molecule has 2 N–H and O–H groups in total. The number of rotatable bonds is 6. The minimum absolute atomic E-state index is 0. The monoisotopic (exact) mass is 472 g/mol. The summed E-state index contributed by atoms with van der Waals surface area (Å²) < 4.78 is 23.1. The highest BCUT2D eigenvalue weighted by molar-refractivity contribution is 14.0. The standard InChI is InChI=1S/C16H32N4O2S.HI/c1-12(2)20-8-13(3)14(9-20)19-15(17-4)18-10-16(6-7-16)11-23(5,21)22;/h12-14H,6-11H2,1-5H3,(H2,17,18,19);1H. The Labute approximate surface area is 164 Å². The van der Waals surface area contributed by atoms with E-state index in [1.165, 1.54) is 6.26 Å². The second-order valence-electron chi connectivity index (χ2n) is 7.77. The minimum Gasteiger partial charge on any atom is -0.356 e. The van der Waals surface area contributed by atoms with Gasteiger partial charge in [0.05, 0.1) is 5.75 Å². The number of hydrogen-bond acceptors (Lipinski definition) is 4. The summed E-state index contributed by atoms with van der Waals surface area (Å²) in [5, 5.41) is 6.85. The van der Waals surface area contributed by atoms with Gasteiger partial charge < -0.3 is 10.6 Å². The SMILES string of the molecule is CN=C(NCC1(CS(C)(=O)=O)CC1)NC1CN(C(C)C)CC1C.I. The first-order chi connectivity index (χ1) is 10.6. The van der Waals surface area contributed by atoms with Crippen LogP contribution in [-0.4, -0.2) is 70.1 Å². The van der Waals surface area contributed by atoms with E-state index in [-0.39, 0.29) is 35.1 Å². The van der Waals surface area contributed by atoms with Crippen LogP contribution >= 0.6 is 24.0 Å². The molecule has 0 aromatic carbocycles. The zero-order valence-corrected chi connectivity index (χ0v) is 18.6. The van der Waals surface area contributed by atoms with Crippen molar-refractivity contribution in [3.8, 4) is 0 Å². The van der Waals surface area contributed by atoms with Gasteiger partial charge >= 0.3 is 0 Å². The Morgan fingerprint density at radius 1 is 1.33 bits per heavy atom. The fourth-order valence-corrected chi connectivity index (χ4v) is 4.86. The Hall–Kier alpha value is -0.0900. The number of aliphatic imine (C=N–C) groups is 1. The summed E-state index contributed by atoms with van der Waals surface area (Å²) in [4.78, 5) is 6.78. The summed E-state index contributed by atoms with van der Waals surface area (Å²) in [5.41, 5.74) is -0.0868. The van der Waals surface area contributed by atoms with E-state index in [1.807, 2.05) is 0 Å². The van der Waals surface area contributed by atoms with Gasteiger partial charge in [-0.25, -0.2) is 8.42 Å². The van der Waals surface area contributed by atoms with Crippen LogP contribution in [0.1, 0.15) is 33.6 Å². The van der Waals surface area contributed by atoms with Crippen LogP contribution in [0.2, 0.25) is 0 Å². The van der Waals surface area contributed by atoms with E-state index >= 15 is 0 Å². The van der Waals surface area contributed by atoms with Crippen molar-refractivity contribution in [1.29, 1.82) is 0 Å². The fourth-order valence-electron chi connectivity index (χ4n) is 3.36. The summed E-state index contributed by atoms with van der Waals surface area (Å²) in [6, 6.07) is 0.942. The van der Waals surface area contributed by atoms with Gasteiger partial charge in [-0.15, -0.1) is 24.0 Å². The molecule has 6 nitrogen and oxygen atoms in total. The molecule has 1 saturated carbocycles. The fraction of sp³-hybridized carbons (Fsp3) is 0.938. The summed E-state index contributed by atoms with van der Waals surface area (Å²) in [5.74, 6) is 1.62. The third-order valence-electron chi connectivity index (χ3n) is 5.07. The molecule has 0 amide bonds. The van der Waals surface area contributed by atoms with Crippen LogP contribution < -0.4 is 10.6 Å². The molecule has 0 radical (unpaired) electrons. The van der Waals surface area contributed by atoms with Gasteiger partial charge in [-0.1, -0.05) is 6.92 Å². The van der Waals surface area contributed by atoms with E-state index in [0.717, 1.165) is 31.9 Å². The summed E-state index contributed by atoms with van der Waals surface area (Å²) in [6.45, 7) is 9.51. The highest BCUT2D eigenvalue weighted by atomic mass is 127. The predicted octanol–water partition coefficient (Wildman–Crippen LogP) is 1.32. The largest absolute Gasteiger partial charge is 0.356 e. The van der Waals surface area contributed by atoms with Crippen molar-refractivity contribution in [1.82, 2.24) is 15.5 Å². The van der Waals surface area contributed by atoms with Crippen molar-refractivity contribution in [3.63, 3.8) is 0 Å². The van der Waals surface area contributed by atoms with Crippen molar-refractivity contribution >= 4 is 39.8 Å². The Balaban J connectivity index is 0.00000288. The molecule has 0 bridgehead atoms. The normalized spacial score (nSPS) is 27.0. The molecule has 2 aliphatic rings. The Morgan fingerprint density at radius 2 is 1.96 bits per heavy atom. The lowest BCUT2D eigenvalue weighted by Crippen LogP contribution is -2.48. The number of likely N-dealkylation sites (tertiary alicyclic amines) is 1. The predicted molar refractivity (Wildman–Crippen MR) is 111 cm³/mol. The van der Waals surface area contributed by atoms with Crippen LogP contribution in [-0.2, 0) is 9.84 Å². The molecule has 2 fully saturated rings. The average Bonchev–Trinajstić information content (AvgIpc) is 3.07. The smallest absolute Gasteiger partial charge is 0.191 e. The number of nitrogens with one attached hydrogen (secondary N) is 2. The molecule has 8 heteroatoms. The molecule has 0 aromatic rings. The van der Waals surface area contributed by atoms with Gasteiger partial charge in [0.15, 0.2) is 5.96 Å². The van der Waals surface area contributed by atoms with E-state index in [9.17, 15) is 8.42 Å². The minimum atomic E-state index is -2.93. The molecule has 2 rings (SSSR count). The second kappa shape index (κ2) is 8.53. The molecule has 0 spiro atoms. The Bertz CT molecular complexity index is 546. The van der Waals surface area contributed by atoms with Gasteiger partial charge in [-0.3, -0.25) is 9.89 Å². The van der Waals surface area contributed by atoms with Gasteiger partial charge in [-0.05, 0) is 32.6 Å². The van der Waals surface area contributed by atoms with Crippen molar-refractivity contribution in [3.05, 3.63) is 0 Å². The summed E-state index contributed by atoms with van der Waals surface area (Å²) in [7, 11) is -1.16. The van der Waals surface area contributed by atoms with Gasteiger partial charge in [-0.2, -0.15) is 0 Å².